The van der Waals surface area contributed by atoms with Crippen molar-refractivity contribution in [1.29, 1.82) is 0 Å². The minimum Gasteiger partial charge on any atom is -0.377 e. The van der Waals surface area contributed by atoms with Crippen molar-refractivity contribution >= 4 is 80.0 Å². The van der Waals surface area contributed by atoms with Crippen LogP contribution >= 0.6 is 34.8 Å². The third-order valence-corrected chi connectivity index (χ3v) is 8.83. The highest BCUT2D eigenvalue weighted by Gasteiger charge is 2.39. The second-order valence-electron chi connectivity index (χ2n) is 9.79. The molecule has 0 heterocycles. The molecule has 1 unspecified atom stereocenters. The number of carbonyl (C=O) groups excluding carboxylic acids is 3. The molecule has 1 atom stereocenters. The van der Waals surface area contributed by atoms with Gasteiger partial charge in [0.25, 0.3) is 17.7 Å². The number of benzene rings is 5. The van der Waals surface area contributed by atoms with Gasteiger partial charge in [0.1, 0.15) is 0 Å². The summed E-state index contributed by atoms with van der Waals surface area (Å²) in [6.07, 6.45) is 0. The van der Waals surface area contributed by atoms with Crippen LogP contribution in [0.3, 0.4) is 0 Å². The van der Waals surface area contributed by atoms with Crippen LogP contribution in [0.1, 0.15) is 31.1 Å². The Kier molecular flexibility index (Phi) is 9.36. The summed E-state index contributed by atoms with van der Waals surface area (Å²) in [5.41, 5.74) is 0.976. The summed E-state index contributed by atoms with van der Waals surface area (Å²) in [4.78, 5) is 44.8. The maximum Gasteiger partial charge on any atom is 0.285 e. The van der Waals surface area contributed by atoms with E-state index < -0.39 is 28.7 Å². The number of halogens is 3. The van der Waals surface area contributed by atoms with Crippen molar-refractivity contribution < 1.29 is 18.6 Å². The number of hydrogen-bond donors (Lipinski definition) is 0. The highest BCUT2D eigenvalue weighted by Crippen LogP contribution is 2.32. The van der Waals surface area contributed by atoms with Crippen LogP contribution in [0.2, 0.25) is 15.1 Å². The molecular formula is C33H24Cl3N3O4S. The van der Waals surface area contributed by atoms with E-state index in [1.165, 1.54) is 72.8 Å². The quantitative estimate of drug-likeness (QED) is 0.136. The van der Waals surface area contributed by atoms with Crippen molar-refractivity contribution in [1.82, 2.24) is 9.42 Å². The van der Waals surface area contributed by atoms with Crippen LogP contribution in [-0.4, -0.2) is 45.4 Å². The zero-order valence-electron chi connectivity index (χ0n) is 23.4. The van der Waals surface area contributed by atoms with E-state index in [0.29, 0.717) is 29.9 Å². The summed E-state index contributed by atoms with van der Waals surface area (Å²) in [5, 5.41) is 3.04. The molecule has 0 saturated heterocycles. The first-order valence-corrected chi connectivity index (χ1v) is 15.4. The molecule has 44 heavy (non-hydrogen) atoms. The molecular weight excluding hydrogens is 641 g/mol. The van der Waals surface area contributed by atoms with E-state index in [1.807, 2.05) is 31.1 Å². The lowest BCUT2D eigenvalue weighted by Gasteiger charge is -2.32. The normalized spacial score (nSPS) is 11.6. The fourth-order valence-electron chi connectivity index (χ4n) is 4.53. The largest absolute Gasteiger partial charge is 0.377 e. The number of imide groups is 1. The molecule has 222 valence electrons. The minimum absolute atomic E-state index is 0.0374. The maximum absolute atomic E-state index is 14.7. The summed E-state index contributed by atoms with van der Waals surface area (Å²) in [7, 11) is 1.35. The molecule has 0 aliphatic rings. The van der Waals surface area contributed by atoms with E-state index in [1.54, 1.807) is 24.3 Å². The van der Waals surface area contributed by atoms with Gasteiger partial charge in [-0.15, -0.1) is 4.41 Å². The SMILES string of the molecule is CN(C)c1cccc2c(S(=O)N(C(=O)c3ccc(Cl)cc3)N(C(=O)c3ccc(Cl)cc3)C(=O)c3ccc(Cl)cc3)cccc12. The van der Waals surface area contributed by atoms with Gasteiger partial charge in [-0.1, -0.05) is 59.1 Å². The molecule has 5 rings (SSSR count). The second kappa shape index (κ2) is 13.2. The first-order valence-electron chi connectivity index (χ1n) is 13.2. The maximum atomic E-state index is 14.7. The van der Waals surface area contributed by atoms with Gasteiger partial charge in [-0.3, -0.25) is 14.4 Å². The van der Waals surface area contributed by atoms with Crippen molar-refractivity contribution in [3.8, 4) is 0 Å². The summed E-state index contributed by atoms with van der Waals surface area (Å²) in [6.45, 7) is 0. The monoisotopic (exact) mass is 663 g/mol. The standard InChI is InChI=1S/C33H24Cl3N3O4S/c1-37(2)29-7-3-6-28-27(29)5-4-8-30(28)44(43)39(33(42)23-13-19-26(36)20-14-23)38(31(40)21-9-15-24(34)16-10-21)32(41)22-11-17-25(35)18-12-22/h3-20H,1-2H3. The highest BCUT2D eigenvalue weighted by atomic mass is 35.5. The lowest BCUT2D eigenvalue weighted by atomic mass is 10.1. The van der Waals surface area contributed by atoms with Crippen LogP contribution in [0.15, 0.2) is 114 Å². The van der Waals surface area contributed by atoms with Gasteiger partial charge in [-0.05, 0) is 84.9 Å². The predicted octanol–water partition coefficient (Wildman–Crippen LogP) is 7.93. The van der Waals surface area contributed by atoms with Crippen molar-refractivity contribution in [3.05, 3.63) is 141 Å². The number of nitrogens with zero attached hydrogens (tertiary/aromatic N) is 3. The van der Waals surface area contributed by atoms with Gasteiger partial charge >= 0.3 is 0 Å². The molecule has 5 aromatic carbocycles. The topological polar surface area (TPSA) is 78.0 Å². The first-order chi connectivity index (χ1) is 21.1. The van der Waals surface area contributed by atoms with Gasteiger partial charge in [0.2, 0.25) is 0 Å². The molecule has 0 aliphatic carbocycles. The van der Waals surface area contributed by atoms with E-state index in [9.17, 15) is 18.6 Å². The average molecular weight is 665 g/mol. The average Bonchev–Trinajstić information content (AvgIpc) is 3.02. The van der Waals surface area contributed by atoms with Gasteiger partial charge in [-0.2, -0.15) is 5.01 Å². The van der Waals surface area contributed by atoms with Crippen molar-refractivity contribution in [2.45, 2.75) is 4.90 Å². The second-order valence-corrected chi connectivity index (χ2v) is 12.4. The first kappa shape index (κ1) is 31.2. The van der Waals surface area contributed by atoms with E-state index >= 15 is 0 Å². The lowest BCUT2D eigenvalue weighted by molar-refractivity contribution is 0.0269. The van der Waals surface area contributed by atoms with Gasteiger partial charge in [0.15, 0.2) is 11.0 Å². The van der Waals surface area contributed by atoms with E-state index in [2.05, 4.69) is 0 Å². The Morgan fingerprint density at radius 3 is 1.41 bits per heavy atom. The summed E-state index contributed by atoms with van der Waals surface area (Å²) in [6, 6.07) is 28.1. The van der Waals surface area contributed by atoms with E-state index in [-0.39, 0.29) is 21.6 Å². The number of hydrazine groups is 1. The Hall–Kier alpha value is -4.21. The van der Waals surface area contributed by atoms with Crippen LogP contribution < -0.4 is 4.90 Å². The number of hydrogen-bond acceptors (Lipinski definition) is 5. The third-order valence-electron chi connectivity index (χ3n) is 6.70. The fraction of sp³-hybridized carbons (Fsp3) is 0.0606. The number of carbonyl (C=O) groups is 3. The summed E-state index contributed by atoms with van der Waals surface area (Å²) >= 11 is 18.2. The molecule has 0 aliphatic heterocycles. The van der Waals surface area contributed by atoms with Crippen molar-refractivity contribution in [2.24, 2.45) is 0 Å². The third kappa shape index (κ3) is 6.34. The zero-order valence-corrected chi connectivity index (χ0v) is 26.5. The van der Waals surface area contributed by atoms with Crippen LogP contribution in [0, 0.1) is 0 Å². The zero-order chi connectivity index (χ0) is 31.5. The van der Waals surface area contributed by atoms with Crippen molar-refractivity contribution in [2.75, 3.05) is 19.0 Å². The Morgan fingerprint density at radius 2 is 0.955 bits per heavy atom. The molecule has 11 heteroatoms. The fourth-order valence-corrected chi connectivity index (χ4v) is 6.21. The Balaban J connectivity index is 1.75. The number of fused-ring (bicyclic) bond motifs is 1. The van der Waals surface area contributed by atoms with Gasteiger partial charge in [0.05, 0.1) is 4.90 Å². The van der Waals surface area contributed by atoms with E-state index in [4.69, 9.17) is 34.8 Å². The van der Waals surface area contributed by atoms with Crippen LogP contribution in [-0.2, 0) is 11.0 Å². The molecule has 3 amide bonds. The lowest BCUT2D eigenvalue weighted by Crippen LogP contribution is -2.53. The summed E-state index contributed by atoms with van der Waals surface area (Å²) < 4.78 is 15.4. The molecule has 0 fully saturated rings. The number of amides is 3. The highest BCUT2D eigenvalue weighted by molar-refractivity contribution is 7.83. The predicted molar refractivity (Wildman–Crippen MR) is 176 cm³/mol. The van der Waals surface area contributed by atoms with Gasteiger partial charge < -0.3 is 4.90 Å². The smallest absolute Gasteiger partial charge is 0.285 e. The minimum atomic E-state index is -2.42. The molecule has 0 bridgehead atoms. The van der Waals surface area contributed by atoms with E-state index in [0.717, 1.165) is 11.1 Å². The molecule has 0 aromatic heterocycles. The molecule has 0 saturated carbocycles. The van der Waals surface area contributed by atoms with Crippen LogP contribution in [0.25, 0.3) is 10.8 Å². The van der Waals surface area contributed by atoms with Gasteiger partial charge in [-0.25, -0.2) is 4.21 Å². The summed E-state index contributed by atoms with van der Waals surface area (Å²) in [5.74, 6) is -2.66. The van der Waals surface area contributed by atoms with Crippen LogP contribution in [0.4, 0.5) is 5.69 Å². The molecule has 5 aromatic rings. The van der Waals surface area contributed by atoms with Gasteiger partial charge in [0, 0.05) is 62.3 Å². The number of rotatable bonds is 6. The molecule has 0 spiro atoms. The molecule has 0 radical (unpaired) electrons. The van der Waals surface area contributed by atoms with Crippen LogP contribution in [0.5, 0.6) is 0 Å². The Labute approximate surface area is 271 Å². The van der Waals surface area contributed by atoms with Crippen molar-refractivity contribution in [3.63, 3.8) is 0 Å². The number of anilines is 1. The Morgan fingerprint density at radius 1 is 0.545 bits per heavy atom. The Bertz CT molecular complexity index is 1840. The molecule has 7 nitrogen and oxygen atoms in total. The molecule has 0 N–H and O–H groups in total.